The molecular weight excluding hydrogens is 389 g/mol. The lowest BCUT2D eigenvalue weighted by Crippen LogP contribution is -2.42. The van der Waals surface area contributed by atoms with E-state index in [-0.39, 0.29) is 11.8 Å². The molecule has 0 N–H and O–H groups in total. The Morgan fingerprint density at radius 2 is 1.79 bits per heavy atom. The van der Waals surface area contributed by atoms with Crippen LogP contribution < -0.4 is 4.74 Å². The molecule has 1 heterocycles. The topological polar surface area (TPSA) is 60.4 Å². The first-order valence-electron chi connectivity index (χ1n) is 9.48. The predicted octanol–water partition coefficient (Wildman–Crippen LogP) is 4.78. The average Bonchev–Trinajstić information content (AvgIpc) is 2.60. The van der Waals surface area contributed by atoms with Crippen molar-refractivity contribution in [2.75, 3.05) is 19.7 Å². The third kappa shape index (κ3) is 9.06. The summed E-state index contributed by atoms with van der Waals surface area (Å²) in [6.07, 6.45) is -1.36. The number of halogens is 3. The number of ether oxygens (including phenoxy) is 2. The van der Waals surface area contributed by atoms with Crippen molar-refractivity contribution in [2.24, 2.45) is 11.1 Å². The zero-order valence-electron chi connectivity index (χ0n) is 16.9. The number of oxime groups is 1. The van der Waals surface area contributed by atoms with Crippen molar-refractivity contribution >= 4 is 12.3 Å². The maximum atomic E-state index is 12.1. The van der Waals surface area contributed by atoms with Crippen LogP contribution in [0.15, 0.2) is 29.4 Å². The van der Waals surface area contributed by atoms with Crippen LogP contribution >= 0.6 is 0 Å². The number of amides is 1. The number of hydrogen-bond acceptors (Lipinski definition) is 5. The van der Waals surface area contributed by atoms with E-state index in [1.165, 1.54) is 12.1 Å². The van der Waals surface area contributed by atoms with Gasteiger partial charge in [-0.3, -0.25) is 0 Å². The van der Waals surface area contributed by atoms with E-state index in [2.05, 4.69) is 9.89 Å². The third-order valence-corrected chi connectivity index (χ3v) is 4.21. The lowest BCUT2D eigenvalue weighted by Gasteiger charge is -2.32. The second kappa shape index (κ2) is 9.84. The van der Waals surface area contributed by atoms with Crippen LogP contribution in [0.25, 0.3) is 0 Å². The number of rotatable bonds is 6. The van der Waals surface area contributed by atoms with Crippen LogP contribution in [0.1, 0.15) is 39.2 Å². The fourth-order valence-corrected chi connectivity index (χ4v) is 2.78. The maximum Gasteiger partial charge on any atom is 0.573 e. The first-order chi connectivity index (χ1) is 13.5. The van der Waals surface area contributed by atoms with Crippen molar-refractivity contribution in [3.63, 3.8) is 0 Å². The Bertz CT molecular complexity index is 676. The number of hydrogen-bond donors (Lipinski definition) is 0. The molecule has 162 valence electrons. The highest BCUT2D eigenvalue weighted by molar-refractivity contribution is 5.68. The first-order valence-corrected chi connectivity index (χ1v) is 9.48. The Morgan fingerprint density at radius 1 is 1.17 bits per heavy atom. The monoisotopic (exact) mass is 416 g/mol. The number of alkyl halides is 3. The van der Waals surface area contributed by atoms with Gasteiger partial charge in [0, 0.05) is 25.7 Å². The van der Waals surface area contributed by atoms with E-state index in [1.54, 1.807) is 23.2 Å². The van der Waals surface area contributed by atoms with Crippen LogP contribution in [0, 0.1) is 5.92 Å². The quantitative estimate of drug-likeness (QED) is 0.495. The Balaban J connectivity index is 1.64. The molecule has 1 aromatic rings. The summed E-state index contributed by atoms with van der Waals surface area (Å²) < 4.78 is 45.6. The summed E-state index contributed by atoms with van der Waals surface area (Å²) in [6.45, 7) is 7.23. The first kappa shape index (κ1) is 22.8. The fourth-order valence-electron chi connectivity index (χ4n) is 2.78. The van der Waals surface area contributed by atoms with Crippen LogP contribution in [-0.2, 0) is 16.0 Å². The lowest BCUT2D eigenvalue weighted by atomic mass is 9.98. The van der Waals surface area contributed by atoms with Crippen molar-refractivity contribution < 1.29 is 32.3 Å². The number of piperidine rings is 1. The van der Waals surface area contributed by atoms with Gasteiger partial charge in [-0.05, 0) is 57.2 Å². The molecule has 0 radical (unpaired) electrons. The zero-order chi connectivity index (χ0) is 21.5. The van der Waals surface area contributed by atoms with Gasteiger partial charge >= 0.3 is 12.5 Å². The van der Waals surface area contributed by atoms with Gasteiger partial charge in [0.25, 0.3) is 0 Å². The van der Waals surface area contributed by atoms with Gasteiger partial charge in [-0.2, -0.15) is 0 Å². The number of benzene rings is 1. The second-order valence-corrected chi connectivity index (χ2v) is 7.89. The van der Waals surface area contributed by atoms with Crippen molar-refractivity contribution in [3.8, 4) is 5.75 Å². The summed E-state index contributed by atoms with van der Waals surface area (Å²) >= 11 is 0. The minimum atomic E-state index is -4.69. The predicted molar refractivity (Wildman–Crippen MR) is 102 cm³/mol. The van der Waals surface area contributed by atoms with Crippen molar-refractivity contribution in [3.05, 3.63) is 29.8 Å². The highest BCUT2D eigenvalue weighted by Crippen LogP contribution is 2.23. The molecule has 1 aliphatic heterocycles. The minimum absolute atomic E-state index is 0.257. The molecule has 0 aliphatic carbocycles. The van der Waals surface area contributed by atoms with Gasteiger partial charge in [0.15, 0.2) is 0 Å². The van der Waals surface area contributed by atoms with E-state index in [9.17, 15) is 18.0 Å². The summed E-state index contributed by atoms with van der Waals surface area (Å²) in [6, 6.07) is 5.60. The number of carbonyl (C=O) groups excluding carboxylic acids is 1. The fraction of sp³-hybridized carbons (Fsp3) is 0.600. The van der Waals surface area contributed by atoms with Gasteiger partial charge in [0.2, 0.25) is 0 Å². The van der Waals surface area contributed by atoms with Gasteiger partial charge in [-0.1, -0.05) is 17.3 Å². The van der Waals surface area contributed by atoms with E-state index in [0.29, 0.717) is 32.0 Å². The third-order valence-electron chi connectivity index (χ3n) is 4.21. The molecule has 0 unspecified atom stereocenters. The lowest BCUT2D eigenvalue weighted by molar-refractivity contribution is -0.274. The molecule has 1 saturated heterocycles. The van der Waals surface area contributed by atoms with Gasteiger partial charge in [-0.25, -0.2) is 4.79 Å². The second-order valence-electron chi connectivity index (χ2n) is 7.89. The maximum absolute atomic E-state index is 12.1. The van der Waals surface area contributed by atoms with E-state index < -0.39 is 12.0 Å². The van der Waals surface area contributed by atoms with Gasteiger partial charge < -0.3 is 19.2 Å². The van der Waals surface area contributed by atoms with Crippen molar-refractivity contribution in [2.45, 2.75) is 52.0 Å². The molecule has 1 amide bonds. The van der Waals surface area contributed by atoms with E-state index in [4.69, 9.17) is 9.57 Å². The Morgan fingerprint density at radius 3 is 2.34 bits per heavy atom. The van der Waals surface area contributed by atoms with Crippen LogP contribution in [0.4, 0.5) is 18.0 Å². The molecule has 0 aromatic heterocycles. The van der Waals surface area contributed by atoms with Crippen molar-refractivity contribution in [1.29, 1.82) is 0 Å². The number of carbonyl (C=O) groups is 1. The largest absolute Gasteiger partial charge is 0.573 e. The van der Waals surface area contributed by atoms with E-state index in [0.717, 1.165) is 18.4 Å². The molecule has 29 heavy (non-hydrogen) atoms. The van der Waals surface area contributed by atoms with Crippen LogP contribution in [0.5, 0.6) is 5.75 Å². The summed E-state index contributed by atoms with van der Waals surface area (Å²) in [5.74, 6) is 0.0526. The minimum Gasteiger partial charge on any atom is -0.444 e. The molecule has 1 aliphatic rings. The summed E-state index contributed by atoms with van der Waals surface area (Å²) in [7, 11) is 0. The molecule has 6 nitrogen and oxygen atoms in total. The van der Waals surface area contributed by atoms with Gasteiger partial charge in [-0.15, -0.1) is 13.2 Å². The van der Waals surface area contributed by atoms with Crippen LogP contribution in [0.2, 0.25) is 0 Å². The summed E-state index contributed by atoms with van der Waals surface area (Å²) in [5, 5.41) is 3.90. The molecule has 1 fully saturated rings. The van der Waals surface area contributed by atoms with Crippen LogP contribution in [-0.4, -0.2) is 48.9 Å². The number of nitrogens with zero attached hydrogens (tertiary/aromatic N) is 2. The molecule has 2 rings (SSSR count). The SMILES string of the molecule is CC(C)(C)OC(=O)N1CCC(CON=CCc2ccc(OC(F)(F)F)cc2)CC1. The molecule has 0 bridgehead atoms. The van der Waals surface area contributed by atoms with E-state index in [1.807, 2.05) is 20.8 Å². The summed E-state index contributed by atoms with van der Waals surface area (Å²) in [4.78, 5) is 19.1. The van der Waals surface area contributed by atoms with Gasteiger partial charge in [0.1, 0.15) is 18.0 Å². The zero-order valence-corrected chi connectivity index (χ0v) is 16.9. The molecule has 1 aromatic carbocycles. The van der Waals surface area contributed by atoms with Crippen LogP contribution in [0.3, 0.4) is 0 Å². The Hall–Kier alpha value is -2.45. The Labute approximate surface area is 168 Å². The molecular formula is C20H27F3N2O4. The Kier molecular flexibility index (Phi) is 7.75. The molecule has 9 heteroatoms. The molecule has 0 saturated carbocycles. The normalized spacial score (nSPS) is 16.1. The molecule has 0 spiro atoms. The average molecular weight is 416 g/mol. The summed E-state index contributed by atoms with van der Waals surface area (Å²) in [5.41, 5.74) is 0.287. The molecule has 0 atom stereocenters. The van der Waals surface area contributed by atoms with Crippen molar-refractivity contribution in [1.82, 2.24) is 4.90 Å². The standard InChI is InChI=1S/C20H27F3N2O4/c1-19(2,3)29-18(26)25-12-9-16(10-13-25)14-27-24-11-8-15-4-6-17(7-5-15)28-20(21,22)23/h4-7,11,16H,8-10,12-14H2,1-3H3. The highest BCUT2D eigenvalue weighted by Gasteiger charge is 2.31. The van der Waals surface area contributed by atoms with Gasteiger partial charge in [0.05, 0.1) is 0 Å². The van der Waals surface area contributed by atoms with E-state index >= 15 is 0 Å². The smallest absolute Gasteiger partial charge is 0.444 e. The number of likely N-dealkylation sites (tertiary alicyclic amines) is 1. The highest BCUT2D eigenvalue weighted by atomic mass is 19.4.